The van der Waals surface area contributed by atoms with E-state index in [4.69, 9.17) is 9.90 Å². The second-order valence-electron chi connectivity index (χ2n) is 5.03. The summed E-state index contributed by atoms with van der Waals surface area (Å²) in [4.78, 5) is 26.7. The zero-order valence-corrected chi connectivity index (χ0v) is 13.3. The van der Waals surface area contributed by atoms with Gasteiger partial charge in [0.1, 0.15) is 0 Å². The molecule has 0 spiro atoms. The predicted octanol–water partition coefficient (Wildman–Crippen LogP) is 1.82. The van der Waals surface area contributed by atoms with Gasteiger partial charge in [-0.3, -0.25) is 9.78 Å². The number of alkyl halides is 3. The number of aromatic nitrogens is 1. The molecule has 0 fully saturated rings. The second-order valence-corrected chi connectivity index (χ2v) is 5.03. The van der Waals surface area contributed by atoms with E-state index in [1.54, 1.807) is 11.9 Å². The molecule has 24 heavy (non-hydrogen) atoms. The van der Waals surface area contributed by atoms with E-state index in [0.717, 1.165) is 36.6 Å². The highest BCUT2D eigenvalue weighted by atomic mass is 19.4. The third-order valence-electron chi connectivity index (χ3n) is 3.32. The molecule has 1 aromatic heterocycles. The molecule has 0 unspecified atom stereocenters. The molecule has 0 bridgehead atoms. The van der Waals surface area contributed by atoms with Crippen molar-refractivity contribution < 1.29 is 27.9 Å². The lowest BCUT2D eigenvalue weighted by atomic mass is 10.1. The number of fused-ring (bicyclic) bond motifs is 1. The molecule has 1 aromatic rings. The first-order valence-electron chi connectivity index (χ1n) is 6.98. The Labute approximate surface area is 137 Å². The van der Waals surface area contributed by atoms with Crippen LogP contribution in [0.1, 0.15) is 17.0 Å². The molecule has 1 aliphatic heterocycles. The number of aryl methyl sites for hydroxylation is 1. The van der Waals surface area contributed by atoms with Crippen LogP contribution in [0.25, 0.3) is 0 Å². The average Bonchev–Trinajstić information content (AvgIpc) is 2.52. The van der Waals surface area contributed by atoms with Crippen molar-refractivity contribution in [1.29, 1.82) is 0 Å². The van der Waals surface area contributed by atoms with Crippen molar-refractivity contribution in [2.24, 2.45) is 0 Å². The van der Waals surface area contributed by atoms with E-state index in [9.17, 15) is 18.0 Å². The monoisotopic (exact) mass is 345 g/mol. The van der Waals surface area contributed by atoms with Crippen LogP contribution in [0, 0.1) is 6.92 Å². The van der Waals surface area contributed by atoms with Crippen molar-refractivity contribution in [1.82, 2.24) is 10.3 Å². The Hall–Kier alpha value is -2.42. The molecule has 0 atom stereocenters. The number of hydrogen-bond donors (Lipinski definition) is 2. The predicted molar refractivity (Wildman–Crippen MR) is 81.7 cm³/mol. The number of likely N-dealkylation sites (N-methyl/N-ethyl adjacent to an activating group) is 1. The van der Waals surface area contributed by atoms with Gasteiger partial charge in [-0.15, -0.1) is 0 Å². The molecular weight excluding hydrogens is 327 g/mol. The van der Waals surface area contributed by atoms with Crippen molar-refractivity contribution in [2.45, 2.75) is 26.1 Å². The van der Waals surface area contributed by atoms with Crippen LogP contribution in [-0.4, -0.2) is 41.7 Å². The largest absolute Gasteiger partial charge is 0.490 e. The van der Waals surface area contributed by atoms with Crippen LogP contribution in [0.2, 0.25) is 0 Å². The number of carboxylic acids is 1. The molecule has 6 nitrogen and oxygen atoms in total. The van der Waals surface area contributed by atoms with E-state index in [2.05, 4.69) is 16.9 Å². The highest BCUT2D eigenvalue weighted by Gasteiger charge is 2.38. The molecule has 1 aliphatic rings. The number of halogens is 3. The van der Waals surface area contributed by atoms with Crippen LogP contribution in [0.15, 0.2) is 18.7 Å². The van der Waals surface area contributed by atoms with Crippen LogP contribution in [0.3, 0.4) is 0 Å². The molecule has 2 N–H and O–H groups in total. The third kappa shape index (κ3) is 5.05. The Morgan fingerprint density at radius 1 is 1.46 bits per heavy atom. The van der Waals surface area contributed by atoms with Gasteiger partial charge >= 0.3 is 12.1 Å². The zero-order valence-electron chi connectivity index (χ0n) is 13.3. The number of carbonyl (C=O) groups is 2. The molecule has 9 heteroatoms. The maximum absolute atomic E-state index is 11.6. The van der Waals surface area contributed by atoms with E-state index < -0.39 is 12.1 Å². The Morgan fingerprint density at radius 3 is 2.54 bits per heavy atom. The van der Waals surface area contributed by atoms with Crippen molar-refractivity contribution in [3.63, 3.8) is 0 Å². The summed E-state index contributed by atoms with van der Waals surface area (Å²) >= 11 is 0. The summed E-state index contributed by atoms with van der Waals surface area (Å²) in [6.45, 7) is 7.23. The fourth-order valence-electron chi connectivity index (χ4n) is 2.08. The number of carboxylic acid groups (broad SMARTS) is 1. The van der Waals surface area contributed by atoms with Gasteiger partial charge in [0, 0.05) is 32.3 Å². The first-order valence-corrected chi connectivity index (χ1v) is 6.98. The van der Waals surface area contributed by atoms with Crippen LogP contribution >= 0.6 is 0 Å². The van der Waals surface area contributed by atoms with Crippen molar-refractivity contribution in [3.8, 4) is 0 Å². The number of hydrogen-bond acceptors (Lipinski definition) is 4. The molecule has 2 rings (SSSR count). The number of nitrogens with one attached hydrogen (secondary N) is 1. The summed E-state index contributed by atoms with van der Waals surface area (Å²) in [5.74, 6) is -2.87. The van der Waals surface area contributed by atoms with Crippen molar-refractivity contribution in [3.05, 3.63) is 35.7 Å². The van der Waals surface area contributed by atoms with Gasteiger partial charge in [-0.05, 0) is 24.6 Å². The number of pyridine rings is 1. The standard InChI is InChI=1S/C13H17N3O.C2HF3O2/c1-4-13(17)16(3)12-7-10-8-14-6-5-11(10)15-9(12)2;3-2(4,5)1(6)7/h4,7,14H,1,5-6,8H2,2-3H3;(H,6,7). The minimum atomic E-state index is -5.08. The molecule has 2 heterocycles. The number of carbonyl (C=O) groups excluding carboxylic acids is 1. The SMILES string of the molecule is C=CC(=O)N(C)c1cc2c(nc1C)CCNC2.O=C(O)C(F)(F)F. The number of anilines is 1. The molecule has 132 valence electrons. The van der Waals surface area contributed by atoms with Crippen LogP contribution in [0.5, 0.6) is 0 Å². The van der Waals surface area contributed by atoms with Gasteiger partial charge in [0.25, 0.3) is 0 Å². The molecule has 0 aliphatic carbocycles. The number of amides is 1. The first kappa shape index (κ1) is 19.6. The normalized spacial score (nSPS) is 13.2. The Kier molecular flexibility index (Phi) is 6.47. The van der Waals surface area contributed by atoms with E-state index >= 15 is 0 Å². The zero-order chi connectivity index (χ0) is 18.5. The van der Waals surface area contributed by atoms with E-state index in [-0.39, 0.29) is 5.91 Å². The minimum absolute atomic E-state index is 0.112. The number of nitrogens with zero attached hydrogens (tertiary/aromatic N) is 2. The Balaban J connectivity index is 0.000000351. The van der Waals surface area contributed by atoms with Crippen molar-refractivity contribution >= 4 is 17.6 Å². The summed E-state index contributed by atoms with van der Waals surface area (Å²) in [7, 11) is 1.75. The first-order chi connectivity index (χ1) is 11.1. The summed E-state index contributed by atoms with van der Waals surface area (Å²) in [5, 5.41) is 10.4. The van der Waals surface area contributed by atoms with Crippen LogP contribution in [0.4, 0.5) is 18.9 Å². The smallest absolute Gasteiger partial charge is 0.475 e. The Bertz CT molecular complexity index is 645. The third-order valence-corrected chi connectivity index (χ3v) is 3.32. The molecule has 1 amide bonds. The fourth-order valence-corrected chi connectivity index (χ4v) is 2.08. The maximum Gasteiger partial charge on any atom is 0.490 e. The lowest BCUT2D eigenvalue weighted by molar-refractivity contribution is -0.192. The molecular formula is C15H18F3N3O3. The summed E-state index contributed by atoms with van der Waals surface area (Å²) in [6.07, 6.45) is -2.81. The lowest BCUT2D eigenvalue weighted by Gasteiger charge is -2.22. The average molecular weight is 345 g/mol. The fraction of sp³-hybridized carbons (Fsp3) is 0.400. The van der Waals surface area contributed by atoms with Gasteiger partial charge < -0.3 is 15.3 Å². The number of aliphatic carboxylic acids is 1. The van der Waals surface area contributed by atoms with Gasteiger partial charge in [0.15, 0.2) is 0 Å². The maximum atomic E-state index is 11.6. The van der Waals surface area contributed by atoms with E-state index in [0.29, 0.717) is 0 Å². The molecule has 0 saturated carbocycles. The summed E-state index contributed by atoms with van der Waals surface area (Å²) in [5.41, 5.74) is 4.07. The molecule has 0 aromatic carbocycles. The van der Waals surface area contributed by atoms with Gasteiger partial charge in [-0.1, -0.05) is 6.58 Å². The lowest BCUT2D eigenvalue weighted by Crippen LogP contribution is -2.28. The Morgan fingerprint density at radius 2 is 2.04 bits per heavy atom. The van der Waals surface area contributed by atoms with Crippen LogP contribution in [-0.2, 0) is 22.6 Å². The summed E-state index contributed by atoms with van der Waals surface area (Å²) < 4.78 is 31.7. The van der Waals surface area contributed by atoms with Crippen molar-refractivity contribution in [2.75, 3.05) is 18.5 Å². The second kappa shape index (κ2) is 7.91. The van der Waals surface area contributed by atoms with Crippen LogP contribution < -0.4 is 10.2 Å². The quantitative estimate of drug-likeness (QED) is 0.799. The van der Waals surface area contributed by atoms with E-state index in [1.807, 2.05) is 13.0 Å². The molecule has 0 radical (unpaired) electrons. The summed E-state index contributed by atoms with van der Waals surface area (Å²) in [6, 6.07) is 2.05. The molecule has 0 saturated heterocycles. The van der Waals surface area contributed by atoms with E-state index in [1.165, 1.54) is 11.6 Å². The van der Waals surface area contributed by atoms with Gasteiger partial charge in [0.05, 0.1) is 11.4 Å². The highest BCUT2D eigenvalue weighted by Crippen LogP contribution is 2.23. The topological polar surface area (TPSA) is 82.5 Å². The van der Waals surface area contributed by atoms with Gasteiger partial charge in [-0.2, -0.15) is 13.2 Å². The van der Waals surface area contributed by atoms with Gasteiger partial charge in [0.2, 0.25) is 5.91 Å². The minimum Gasteiger partial charge on any atom is -0.475 e. The highest BCUT2D eigenvalue weighted by molar-refractivity contribution is 6.01. The number of rotatable bonds is 2. The van der Waals surface area contributed by atoms with Gasteiger partial charge in [-0.25, -0.2) is 4.79 Å².